The first-order chi connectivity index (χ1) is 12.0. The van der Waals surface area contributed by atoms with Crippen LogP contribution in [0.5, 0.6) is 0 Å². The van der Waals surface area contributed by atoms with Gasteiger partial charge in [-0.3, -0.25) is 4.79 Å². The predicted molar refractivity (Wildman–Crippen MR) is 109 cm³/mol. The topological polar surface area (TPSA) is 26.3 Å². The summed E-state index contributed by atoms with van der Waals surface area (Å²) in [6, 6.07) is 0. The minimum atomic E-state index is -0.0209. The van der Waals surface area contributed by atoms with Gasteiger partial charge in [0, 0.05) is 6.42 Å². The van der Waals surface area contributed by atoms with Crippen molar-refractivity contribution >= 4 is 5.97 Å². The number of rotatable bonds is 18. The van der Waals surface area contributed by atoms with Gasteiger partial charge < -0.3 is 9.22 Å². The molecule has 0 saturated carbocycles. The van der Waals surface area contributed by atoms with Gasteiger partial charge in [-0.15, -0.1) is 0 Å². The van der Waals surface area contributed by atoms with Crippen molar-refractivity contribution in [2.75, 3.05) is 34.3 Å². The number of likely N-dealkylation sites (N-methyl/N-ethyl adjacent to an activating group) is 1. The van der Waals surface area contributed by atoms with E-state index in [0.717, 1.165) is 17.4 Å². The quantitative estimate of drug-likeness (QED) is 0.168. The van der Waals surface area contributed by atoms with Crippen LogP contribution in [0.25, 0.3) is 0 Å². The van der Waals surface area contributed by atoms with Gasteiger partial charge in [-0.25, -0.2) is 0 Å². The number of carbonyl (C=O) groups excluding carboxylic acids is 1. The molecule has 0 unspecified atom stereocenters. The molecule has 0 aliphatic carbocycles. The van der Waals surface area contributed by atoms with Gasteiger partial charge in [0.2, 0.25) is 0 Å². The number of quaternary nitrogens is 1. The van der Waals surface area contributed by atoms with Crippen molar-refractivity contribution in [1.29, 1.82) is 0 Å². The third-order valence-electron chi connectivity index (χ3n) is 4.76. The molecular formula is C22H46NO2+. The Morgan fingerprint density at radius 2 is 1.08 bits per heavy atom. The Hall–Kier alpha value is -0.570. The minimum absolute atomic E-state index is 0.0209. The Bertz CT molecular complexity index is 297. The van der Waals surface area contributed by atoms with Gasteiger partial charge in [-0.2, -0.15) is 0 Å². The van der Waals surface area contributed by atoms with Crippen LogP contribution in [0.4, 0.5) is 0 Å². The van der Waals surface area contributed by atoms with Crippen molar-refractivity contribution in [3.8, 4) is 0 Å². The molecule has 0 radical (unpaired) electrons. The Kier molecular flexibility index (Phi) is 16.5. The molecule has 0 saturated heterocycles. The van der Waals surface area contributed by atoms with Gasteiger partial charge in [-0.05, 0) is 6.42 Å². The second-order valence-electron chi connectivity index (χ2n) is 8.58. The van der Waals surface area contributed by atoms with E-state index < -0.39 is 0 Å². The molecule has 0 N–H and O–H groups in total. The van der Waals surface area contributed by atoms with Crippen LogP contribution in [0.2, 0.25) is 0 Å². The summed E-state index contributed by atoms with van der Waals surface area (Å²) in [5.41, 5.74) is 0. The number of nitrogens with zero attached hydrogens (tertiary/aromatic N) is 1. The van der Waals surface area contributed by atoms with Crippen LogP contribution in [-0.2, 0) is 9.53 Å². The molecule has 0 bridgehead atoms. The molecule has 0 spiro atoms. The Morgan fingerprint density at radius 3 is 1.48 bits per heavy atom. The van der Waals surface area contributed by atoms with Crippen LogP contribution in [0.1, 0.15) is 103 Å². The molecule has 0 amide bonds. The molecule has 0 aliphatic heterocycles. The zero-order chi connectivity index (χ0) is 18.8. The van der Waals surface area contributed by atoms with Gasteiger partial charge in [0.05, 0.1) is 21.1 Å². The van der Waals surface area contributed by atoms with E-state index in [9.17, 15) is 4.79 Å². The highest BCUT2D eigenvalue weighted by molar-refractivity contribution is 5.69. The zero-order valence-electron chi connectivity index (χ0n) is 17.8. The van der Waals surface area contributed by atoms with Crippen molar-refractivity contribution in [3.05, 3.63) is 0 Å². The van der Waals surface area contributed by atoms with Crippen molar-refractivity contribution < 1.29 is 14.0 Å². The molecule has 0 heterocycles. The SMILES string of the molecule is CCCCCCCCCCCCCCCCC(=O)OCC[N+](C)(C)C. The van der Waals surface area contributed by atoms with Crippen molar-refractivity contribution in [2.45, 2.75) is 103 Å². The minimum Gasteiger partial charge on any atom is -0.460 e. The highest BCUT2D eigenvalue weighted by Crippen LogP contribution is 2.13. The second-order valence-corrected chi connectivity index (χ2v) is 8.58. The van der Waals surface area contributed by atoms with Gasteiger partial charge >= 0.3 is 5.97 Å². The fraction of sp³-hybridized carbons (Fsp3) is 0.955. The van der Waals surface area contributed by atoms with Crippen molar-refractivity contribution in [3.63, 3.8) is 0 Å². The van der Waals surface area contributed by atoms with Crippen LogP contribution >= 0.6 is 0 Å². The lowest BCUT2D eigenvalue weighted by atomic mass is 10.0. The molecule has 0 aromatic carbocycles. The van der Waals surface area contributed by atoms with Gasteiger partial charge in [-0.1, -0.05) is 90.4 Å². The standard InChI is InChI=1S/C22H46NO2/c1-5-6-7-8-9-10-11-12-13-14-15-16-17-18-19-22(24)25-21-20-23(2,3)4/h5-21H2,1-4H3/q+1. The molecule has 25 heavy (non-hydrogen) atoms. The van der Waals surface area contributed by atoms with Crippen LogP contribution < -0.4 is 0 Å². The third-order valence-corrected chi connectivity index (χ3v) is 4.76. The number of hydrogen-bond acceptors (Lipinski definition) is 2. The summed E-state index contributed by atoms with van der Waals surface area (Å²) >= 11 is 0. The van der Waals surface area contributed by atoms with Crippen LogP contribution in [0.15, 0.2) is 0 Å². The number of unbranched alkanes of at least 4 members (excludes halogenated alkanes) is 13. The summed E-state index contributed by atoms with van der Waals surface area (Å²) in [6.45, 7) is 3.70. The summed E-state index contributed by atoms with van der Waals surface area (Å²) in [4.78, 5) is 11.6. The maximum Gasteiger partial charge on any atom is 0.305 e. The summed E-state index contributed by atoms with van der Waals surface area (Å²) in [5.74, 6) is -0.0209. The van der Waals surface area contributed by atoms with Gasteiger partial charge in [0.15, 0.2) is 0 Å². The van der Waals surface area contributed by atoms with Crippen LogP contribution in [0, 0.1) is 0 Å². The summed E-state index contributed by atoms with van der Waals surface area (Å²) in [6.07, 6.45) is 19.4. The molecule has 3 heteroatoms. The van der Waals surface area contributed by atoms with E-state index in [1.165, 1.54) is 83.5 Å². The number of ether oxygens (including phenoxy) is 1. The van der Waals surface area contributed by atoms with Gasteiger partial charge in [0.25, 0.3) is 0 Å². The van der Waals surface area contributed by atoms with E-state index in [0.29, 0.717) is 13.0 Å². The molecule has 3 nitrogen and oxygen atoms in total. The first-order valence-corrected chi connectivity index (χ1v) is 10.9. The van der Waals surface area contributed by atoms with E-state index in [1.54, 1.807) is 0 Å². The summed E-state index contributed by atoms with van der Waals surface area (Å²) in [7, 11) is 6.34. The molecule has 0 aliphatic rings. The molecule has 150 valence electrons. The Balaban J connectivity index is 3.17. The van der Waals surface area contributed by atoms with Gasteiger partial charge in [0.1, 0.15) is 13.2 Å². The van der Waals surface area contributed by atoms with E-state index in [4.69, 9.17) is 4.74 Å². The highest BCUT2D eigenvalue weighted by atomic mass is 16.5. The molecule has 0 fully saturated rings. The first kappa shape index (κ1) is 24.4. The second kappa shape index (κ2) is 16.9. The lowest BCUT2D eigenvalue weighted by Crippen LogP contribution is -2.37. The molecule has 0 rings (SSSR count). The molecule has 0 atom stereocenters. The first-order valence-electron chi connectivity index (χ1n) is 10.9. The highest BCUT2D eigenvalue weighted by Gasteiger charge is 2.09. The lowest BCUT2D eigenvalue weighted by molar-refractivity contribution is -0.870. The number of hydrogen-bond donors (Lipinski definition) is 0. The normalized spacial score (nSPS) is 11.7. The van der Waals surface area contributed by atoms with E-state index in [2.05, 4.69) is 28.1 Å². The third kappa shape index (κ3) is 21.4. The molecule has 0 aromatic heterocycles. The largest absolute Gasteiger partial charge is 0.460 e. The smallest absolute Gasteiger partial charge is 0.305 e. The maximum atomic E-state index is 11.6. The van der Waals surface area contributed by atoms with E-state index in [1.807, 2.05) is 0 Å². The Labute approximate surface area is 158 Å². The lowest BCUT2D eigenvalue weighted by Gasteiger charge is -2.23. The number of carbonyl (C=O) groups is 1. The zero-order valence-corrected chi connectivity index (χ0v) is 17.8. The van der Waals surface area contributed by atoms with Crippen molar-refractivity contribution in [2.24, 2.45) is 0 Å². The van der Waals surface area contributed by atoms with E-state index >= 15 is 0 Å². The summed E-state index contributed by atoms with van der Waals surface area (Å²) < 4.78 is 6.12. The fourth-order valence-corrected chi connectivity index (χ4v) is 2.97. The van der Waals surface area contributed by atoms with E-state index in [-0.39, 0.29) is 5.97 Å². The van der Waals surface area contributed by atoms with Crippen LogP contribution in [0.3, 0.4) is 0 Å². The average molecular weight is 357 g/mol. The number of esters is 1. The average Bonchev–Trinajstić information content (AvgIpc) is 2.54. The van der Waals surface area contributed by atoms with Crippen LogP contribution in [-0.4, -0.2) is 44.7 Å². The predicted octanol–water partition coefficient (Wildman–Crippen LogP) is 6.11. The maximum absolute atomic E-state index is 11.6. The Morgan fingerprint density at radius 1 is 0.680 bits per heavy atom. The van der Waals surface area contributed by atoms with Crippen molar-refractivity contribution in [1.82, 2.24) is 0 Å². The summed E-state index contributed by atoms with van der Waals surface area (Å²) in [5, 5.41) is 0. The monoisotopic (exact) mass is 356 g/mol. The fourth-order valence-electron chi connectivity index (χ4n) is 2.97. The molecule has 0 aromatic rings. The molecular weight excluding hydrogens is 310 g/mol.